The lowest BCUT2D eigenvalue weighted by atomic mass is 10.1. The van der Waals surface area contributed by atoms with E-state index in [9.17, 15) is 4.79 Å². The van der Waals surface area contributed by atoms with Crippen LogP contribution in [0.15, 0.2) is 60.8 Å². The van der Waals surface area contributed by atoms with Gasteiger partial charge in [0, 0.05) is 17.3 Å². The summed E-state index contributed by atoms with van der Waals surface area (Å²) >= 11 is 0. The Hall–Kier alpha value is -2.88. The van der Waals surface area contributed by atoms with E-state index in [-0.39, 0.29) is 5.91 Å². The molecule has 4 heteroatoms. The van der Waals surface area contributed by atoms with Crippen LogP contribution < -0.4 is 10.1 Å². The van der Waals surface area contributed by atoms with E-state index in [1.165, 1.54) is 0 Å². The van der Waals surface area contributed by atoms with Crippen LogP contribution in [0.4, 0.5) is 5.69 Å². The highest BCUT2D eigenvalue weighted by atomic mass is 16.5. The topological polar surface area (TPSA) is 51.2 Å². The molecule has 1 heterocycles. The third-order valence-corrected chi connectivity index (χ3v) is 3.29. The highest BCUT2D eigenvalue weighted by Crippen LogP contribution is 2.21. The molecule has 0 aliphatic heterocycles. The van der Waals surface area contributed by atoms with E-state index in [0.29, 0.717) is 17.9 Å². The standard InChI is InChI=1S/C18H16N2O2/c1-2-22-17-8-4-3-7-15(17)18(21)20-14-9-10-16-13(12-14)6-5-11-19-16/h3-12H,2H2,1H3,(H,20,21). The van der Waals surface area contributed by atoms with Crippen LogP contribution in [0.25, 0.3) is 10.9 Å². The summed E-state index contributed by atoms with van der Waals surface area (Å²) in [5, 5.41) is 3.89. The number of fused-ring (bicyclic) bond motifs is 1. The van der Waals surface area contributed by atoms with Crippen molar-refractivity contribution in [2.24, 2.45) is 0 Å². The summed E-state index contributed by atoms with van der Waals surface area (Å²) in [5.41, 5.74) is 2.16. The maximum atomic E-state index is 12.4. The Kier molecular flexibility index (Phi) is 4.01. The minimum Gasteiger partial charge on any atom is -0.493 e. The van der Waals surface area contributed by atoms with Crippen molar-refractivity contribution in [2.45, 2.75) is 6.92 Å². The number of carbonyl (C=O) groups excluding carboxylic acids is 1. The number of nitrogens with one attached hydrogen (secondary N) is 1. The summed E-state index contributed by atoms with van der Waals surface area (Å²) in [7, 11) is 0. The summed E-state index contributed by atoms with van der Waals surface area (Å²) in [4.78, 5) is 16.7. The second-order valence-electron chi connectivity index (χ2n) is 4.79. The Balaban J connectivity index is 1.86. The number of benzene rings is 2. The number of pyridine rings is 1. The molecule has 0 saturated carbocycles. The fourth-order valence-electron chi connectivity index (χ4n) is 2.29. The zero-order valence-corrected chi connectivity index (χ0v) is 12.2. The molecule has 3 rings (SSSR count). The number of aromatic nitrogens is 1. The Morgan fingerprint density at radius 1 is 1.14 bits per heavy atom. The van der Waals surface area contributed by atoms with E-state index in [4.69, 9.17) is 4.74 Å². The molecular weight excluding hydrogens is 276 g/mol. The molecule has 1 aromatic heterocycles. The summed E-state index contributed by atoms with van der Waals surface area (Å²) < 4.78 is 5.50. The van der Waals surface area contributed by atoms with Gasteiger partial charge in [-0.05, 0) is 43.3 Å². The van der Waals surface area contributed by atoms with Gasteiger partial charge in [0.2, 0.25) is 0 Å². The molecular formula is C18H16N2O2. The minimum absolute atomic E-state index is 0.188. The molecule has 0 atom stereocenters. The van der Waals surface area contributed by atoms with Gasteiger partial charge in [0.25, 0.3) is 5.91 Å². The first-order valence-corrected chi connectivity index (χ1v) is 7.16. The van der Waals surface area contributed by atoms with E-state index >= 15 is 0 Å². The molecule has 110 valence electrons. The molecule has 0 fully saturated rings. The van der Waals surface area contributed by atoms with E-state index in [0.717, 1.165) is 16.6 Å². The Morgan fingerprint density at radius 3 is 2.86 bits per heavy atom. The van der Waals surface area contributed by atoms with Gasteiger partial charge in [0.15, 0.2) is 0 Å². The number of hydrogen-bond acceptors (Lipinski definition) is 3. The number of amides is 1. The highest BCUT2D eigenvalue weighted by Gasteiger charge is 2.12. The van der Waals surface area contributed by atoms with Crippen molar-refractivity contribution in [1.82, 2.24) is 4.98 Å². The van der Waals surface area contributed by atoms with Crippen LogP contribution in [0.3, 0.4) is 0 Å². The highest BCUT2D eigenvalue weighted by molar-refractivity contribution is 6.06. The van der Waals surface area contributed by atoms with Gasteiger partial charge in [-0.3, -0.25) is 9.78 Å². The minimum atomic E-state index is -0.188. The predicted molar refractivity (Wildman–Crippen MR) is 87.3 cm³/mol. The summed E-state index contributed by atoms with van der Waals surface area (Å²) in [6, 6.07) is 16.7. The largest absolute Gasteiger partial charge is 0.493 e. The number of anilines is 1. The van der Waals surface area contributed by atoms with Crippen molar-refractivity contribution in [1.29, 1.82) is 0 Å². The fourth-order valence-corrected chi connectivity index (χ4v) is 2.29. The molecule has 0 aliphatic rings. The van der Waals surface area contributed by atoms with Gasteiger partial charge in [-0.2, -0.15) is 0 Å². The number of ether oxygens (including phenoxy) is 1. The predicted octanol–water partition coefficient (Wildman–Crippen LogP) is 3.89. The third kappa shape index (κ3) is 2.91. The summed E-state index contributed by atoms with van der Waals surface area (Å²) in [6.07, 6.45) is 1.75. The zero-order valence-electron chi connectivity index (χ0n) is 12.2. The maximum Gasteiger partial charge on any atom is 0.259 e. The second-order valence-corrected chi connectivity index (χ2v) is 4.79. The molecule has 4 nitrogen and oxygen atoms in total. The van der Waals surface area contributed by atoms with Crippen LogP contribution in [0.1, 0.15) is 17.3 Å². The van der Waals surface area contributed by atoms with Gasteiger partial charge < -0.3 is 10.1 Å². The first-order valence-electron chi connectivity index (χ1n) is 7.16. The van der Waals surface area contributed by atoms with Crippen molar-refractivity contribution in [3.8, 4) is 5.75 Å². The van der Waals surface area contributed by atoms with Crippen LogP contribution in [-0.4, -0.2) is 17.5 Å². The smallest absolute Gasteiger partial charge is 0.259 e. The van der Waals surface area contributed by atoms with Crippen molar-refractivity contribution in [2.75, 3.05) is 11.9 Å². The van der Waals surface area contributed by atoms with Crippen molar-refractivity contribution < 1.29 is 9.53 Å². The molecule has 2 aromatic carbocycles. The lowest BCUT2D eigenvalue weighted by molar-refractivity contribution is 0.102. The zero-order chi connectivity index (χ0) is 15.4. The molecule has 0 aliphatic carbocycles. The summed E-state index contributed by atoms with van der Waals surface area (Å²) in [6.45, 7) is 2.41. The maximum absolute atomic E-state index is 12.4. The lowest BCUT2D eigenvalue weighted by Gasteiger charge is -2.10. The first kappa shape index (κ1) is 14.1. The van der Waals surface area contributed by atoms with Gasteiger partial charge in [-0.15, -0.1) is 0 Å². The van der Waals surface area contributed by atoms with Gasteiger partial charge in [-0.1, -0.05) is 18.2 Å². The van der Waals surface area contributed by atoms with E-state index in [1.54, 1.807) is 18.3 Å². The van der Waals surface area contributed by atoms with Gasteiger partial charge >= 0.3 is 0 Å². The number of carbonyl (C=O) groups is 1. The van der Waals surface area contributed by atoms with Crippen molar-refractivity contribution >= 4 is 22.5 Å². The number of para-hydroxylation sites is 1. The van der Waals surface area contributed by atoms with Crippen LogP contribution in [0, 0.1) is 0 Å². The second kappa shape index (κ2) is 6.26. The quantitative estimate of drug-likeness (QED) is 0.793. The lowest BCUT2D eigenvalue weighted by Crippen LogP contribution is -2.13. The Morgan fingerprint density at radius 2 is 2.00 bits per heavy atom. The fraction of sp³-hybridized carbons (Fsp3) is 0.111. The normalized spacial score (nSPS) is 10.4. The molecule has 0 saturated heterocycles. The molecule has 0 radical (unpaired) electrons. The number of nitrogens with zero attached hydrogens (tertiary/aromatic N) is 1. The molecule has 3 aromatic rings. The van der Waals surface area contributed by atoms with E-state index in [2.05, 4.69) is 10.3 Å². The number of rotatable bonds is 4. The molecule has 0 unspecified atom stereocenters. The molecule has 1 amide bonds. The van der Waals surface area contributed by atoms with Crippen LogP contribution in [0.5, 0.6) is 5.75 Å². The van der Waals surface area contributed by atoms with Gasteiger partial charge in [0.05, 0.1) is 17.7 Å². The van der Waals surface area contributed by atoms with Crippen LogP contribution >= 0.6 is 0 Å². The Bertz CT molecular complexity index is 815. The number of hydrogen-bond donors (Lipinski definition) is 1. The van der Waals surface area contributed by atoms with Crippen molar-refractivity contribution in [3.05, 3.63) is 66.4 Å². The van der Waals surface area contributed by atoms with Gasteiger partial charge in [0.1, 0.15) is 5.75 Å². The monoisotopic (exact) mass is 292 g/mol. The molecule has 0 bridgehead atoms. The molecule has 22 heavy (non-hydrogen) atoms. The first-order chi connectivity index (χ1) is 10.8. The van der Waals surface area contributed by atoms with Gasteiger partial charge in [-0.25, -0.2) is 0 Å². The Labute approximate surface area is 128 Å². The summed E-state index contributed by atoms with van der Waals surface area (Å²) in [5.74, 6) is 0.400. The molecule has 1 N–H and O–H groups in total. The average molecular weight is 292 g/mol. The molecule has 0 spiro atoms. The van der Waals surface area contributed by atoms with Crippen LogP contribution in [-0.2, 0) is 0 Å². The van der Waals surface area contributed by atoms with E-state index in [1.807, 2.05) is 49.4 Å². The van der Waals surface area contributed by atoms with Crippen LogP contribution in [0.2, 0.25) is 0 Å². The van der Waals surface area contributed by atoms with Crippen molar-refractivity contribution in [3.63, 3.8) is 0 Å². The SMILES string of the molecule is CCOc1ccccc1C(=O)Nc1ccc2ncccc2c1. The third-order valence-electron chi connectivity index (χ3n) is 3.29. The van der Waals surface area contributed by atoms with E-state index < -0.39 is 0 Å². The average Bonchev–Trinajstić information content (AvgIpc) is 2.55.